The summed E-state index contributed by atoms with van der Waals surface area (Å²) in [6.07, 6.45) is 3.47. The van der Waals surface area contributed by atoms with Gasteiger partial charge in [-0.3, -0.25) is 4.79 Å². The van der Waals surface area contributed by atoms with Gasteiger partial charge in [0.15, 0.2) is 11.5 Å². The number of thioether (sulfide) groups is 2. The Hall–Kier alpha value is -1.86. The van der Waals surface area contributed by atoms with Crippen LogP contribution >= 0.6 is 23.5 Å². The summed E-state index contributed by atoms with van der Waals surface area (Å²) in [5.74, 6) is 2.25. The largest absolute Gasteiger partial charge is 0.493 e. The van der Waals surface area contributed by atoms with Gasteiger partial charge in [-0.05, 0) is 30.0 Å². The molecule has 2 rings (SSSR count). The van der Waals surface area contributed by atoms with Gasteiger partial charge in [-0.15, -0.1) is 6.58 Å². The Morgan fingerprint density at radius 2 is 1.96 bits per heavy atom. The third-order valence-corrected chi connectivity index (χ3v) is 4.96. The summed E-state index contributed by atoms with van der Waals surface area (Å²) in [6, 6.07) is 3.56. The number of carbonyl (C=O) groups excluding carboxylic acids is 1. The molecular formula is C16H17NO4S2. The highest BCUT2D eigenvalue weighted by atomic mass is 32.2. The minimum Gasteiger partial charge on any atom is -0.493 e. The molecule has 0 saturated heterocycles. The second-order valence-corrected chi connectivity index (χ2v) is 6.55. The van der Waals surface area contributed by atoms with E-state index in [1.807, 2.05) is 0 Å². The van der Waals surface area contributed by atoms with Crippen molar-refractivity contribution in [1.29, 1.82) is 0 Å². The second kappa shape index (κ2) is 8.12. The third-order valence-electron chi connectivity index (χ3n) is 2.95. The number of ether oxygens (including phenoxy) is 3. The maximum atomic E-state index is 12.1. The van der Waals surface area contributed by atoms with Crippen LogP contribution in [-0.2, 0) is 4.79 Å². The Balaban J connectivity index is 2.40. The molecule has 1 aromatic rings. The molecule has 0 amide bonds. The van der Waals surface area contributed by atoms with Crippen molar-refractivity contribution in [3.05, 3.63) is 36.0 Å². The quantitative estimate of drug-likeness (QED) is 0.576. The average molecular weight is 351 g/mol. The van der Waals surface area contributed by atoms with Crippen LogP contribution in [0.25, 0.3) is 6.08 Å². The van der Waals surface area contributed by atoms with Gasteiger partial charge in [-0.2, -0.15) is 0 Å². The molecule has 0 unspecified atom stereocenters. The number of hydrogen-bond acceptors (Lipinski definition) is 7. The lowest BCUT2D eigenvalue weighted by Gasteiger charge is -2.14. The van der Waals surface area contributed by atoms with Crippen LogP contribution in [0.1, 0.15) is 5.56 Å². The van der Waals surface area contributed by atoms with Gasteiger partial charge >= 0.3 is 0 Å². The van der Waals surface area contributed by atoms with Crippen molar-refractivity contribution >= 4 is 39.1 Å². The summed E-state index contributed by atoms with van der Waals surface area (Å²) in [6.45, 7) is 3.66. The first-order chi connectivity index (χ1) is 11.1. The molecule has 5 nitrogen and oxygen atoms in total. The molecule has 0 aromatic heterocycles. The van der Waals surface area contributed by atoms with Crippen LogP contribution in [0.2, 0.25) is 0 Å². The van der Waals surface area contributed by atoms with Gasteiger partial charge in [0.1, 0.15) is 10.1 Å². The lowest BCUT2D eigenvalue weighted by atomic mass is 10.1. The van der Waals surface area contributed by atoms with Crippen LogP contribution in [0.15, 0.2) is 35.5 Å². The predicted molar refractivity (Wildman–Crippen MR) is 96.8 cm³/mol. The highest BCUT2D eigenvalue weighted by Gasteiger charge is 2.23. The molecule has 122 valence electrons. The summed E-state index contributed by atoms with van der Waals surface area (Å²) in [5, 5.41) is -0.0894. The van der Waals surface area contributed by atoms with Gasteiger partial charge in [-0.1, -0.05) is 17.8 Å². The minimum absolute atomic E-state index is 0.0894. The fourth-order valence-electron chi connectivity index (χ4n) is 1.97. The molecule has 0 atom stereocenters. The van der Waals surface area contributed by atoms with Crippen molar-refractivity contribution in [2.75, 3.05) is 27.1 Å². The fourth-order valence-corrected chi connectivity index (χ4v) is 3.57. The second-order valence-electron chi connectivity index (χ2n) is 4.32. The number of hydrogen-bond donors (Lipinski definition) is 0. The Bertz CT molecular complexity index is 683. The zero-order valence-corrected chi connectivity index (χ0v) is 14.8. The van der Waals surface area contributed by atoms with Crippen molar-refractivity contribution in [3.63, 3.8) is 0 Å². The highest BCUT2D eigenvalue weighted by molar-refractivity contribution is 8.45. The van der Waals surface area contributed by atoms with E-state index in [2.05, 4.69) is 11.6 Å². The molecule has 0 fully saturated rings. The van der Waals surface area contributed by atoms with E-state index >= 15 is 0 Å². The van der Waals surface area contributed by atoms with Crippen LogP contribution in [0.4, 0.5) is 0 Å². The van der Waals surface area contributed by atoms with Gasteiger partial charge < -0.3 is 14.2 Å². The topological polar surface area (TPSA) is 57.1 Å². The van der Waals surface area contributed by atoms with Crippen LogP contribution in [0.5, 0.6) is 17.2 Å². The Morgan fingerprint density at radius 3 is 2.57 bits per heavy atom. The van der Waals surface area contributed by atoms with Crippen molar-refractivity contribution in [2.45, 2.75) is 0 Å². The van der Waals surface area contributed by atoms with Crippen LogP contribution in [-0.4, -0.2) is 36.6 Å². The summed E-state index contributed by atoms with van der Waals surface area (Å²) in [4.78, 5) is 16.4. The van der Waals surface area contributed by atoms with Crippen molar-refractivity contribution < 1.29 is 19.0 Å². The number of nitrogens with zero attached hydrogens (tertiary/aromatic N) is 1. The van der Waals surface area contributed by atoms with E-state index in [-0.39, 0.29) is 5.12 Å². The smallest absolute Gasteiger partial charge is 0.244 e. The first-order valence-electron chi connectivity index (χ1n) is 6.69. The molecule has 0 bridgehead atoms. The molecule has 0 saturated carbocycles. The Kier molecular flexibility index (Phi) is 6.18. The summed E-state index contributed by atoms with van der Waals surface area (Å²) in [7, 11) is 4.63. The zero-order chi connectivity index (χ0) is 16.8. The first-order valence-corrected chi connectivity index (χ1v) is 8.50. The van der Waals surface area contributed by atoms with Crippen molar-refractivity contribution in [2.24, 2.45) is 4.99 Å². The normalized spacial score (nSPS) is 15.5. The van der Waals surface area contributed by atoms with Crippen LogP contribution in [0, 0.1) is 0 Å². The molecule has 1 aromatic carbocycles. The summed E-state index contributed by atoms with van der Waals surface area (Å²) < 4.78 is 16.7. The van der Waals surface area contributed by atoms with E-state index in [1.165, 1.54) is 18.9 Å². The molecule has 1 aliphatic rings. The van der Waals surface area contributed by atoms with E-state index in [0.29, 0.717) is 34.3 Å². The number of methoxy groups -OCH3 is 3. The number of rotatable bonds is 6. The fraction of sp³-hybridized carbons (Fsp3) is 0.250. The van der Waals surface area contributed by atoms with Gasteiger partial charge in [0.25, 0.3) is 0 Å². The molecule has 0 aliphatic carbocycles. The van der Waals surface area contributed by atoms with E-state index in [9.17, 15) is 4.79 Å². The van der Waals surface area contributed by atoms with Crippen molar-refractivity contribution in [1.82, 2.24) is 0 Å². The minimum atomic E-state index is -0.0894. The van der Waals surface area contributed by atoms with Gasteiger partial charge in [0.2, 0.25) is 10.9 Å². The lowest BCUT2D eigenvalue weighted by molar-refractivity contribution is -0.107. The van der Waals surface area contributed by atoms with E-state index < -0.39 is 0 Å². The molecule has 1 heterocycles. The number of carbonyl (C=O) groups is 1. The van der Waals surface area contributed by atoms with Gasteiger partial charge in [0, 0.05) is 11.3 Å². The molecule has 0 spiro atoms. The highest BCUT2D eigenvalue weighted by Crippen LogP contribution is 2.41. The summed E-state index contributed by atoms with van der Waals surface area (Å²) in [5.41, 5.74) is 1.08. The molecule has 1 aliphatic heterocycles. The molecular weight excluding hydrogens is 334 g/mol. The van der Waals surface area contributed by atoms with E-state index in [4.69, 9.17) is 14.2 Å². The predicted octanol–water partition coefficient (Wildman–Crippen LogP) is 3.60. The van der Waals surface area contributed by atoms with E-state index in [1.54, 1.807) is 38.5 Å². The maximum Gasteiger partial charge on any atom is 0.244 e. The van der Waals surface area contributed by atoms with Crippen LogP contribution in [0.3, 0.4) is 0 Å². The molecule has 7 heteroatoms. The van der Waals surface area contributed by atoms with Crippen molar-refractivity contribution in [3.8, 4) is 17.2 Å². The van der Waals surface area contributed by atoms with Gasteiger partial charge in [0.05, 0.1) is 21.3 Å². The molecule has 0 radical (unpaired) electrons. The van der Waals surface area contributed by atoms with E-state index in [0.717, 1.165) is 16.1 Å². The molecule has 0 N–H and O–H groups in total. The molecule has 23 heavy (non-hydrogen) atoms. The van der Waals surface area contributed by atoms with Gasteiger partial charge in [-0.25, -0.2) is 4.99 Å². The van der Waals surface area contributed by atoms with Crippen LogP contribution < -0.4 is 14.2 Å². The Morgan fingerprint density at radius 1 is 1.22 bits per heavy atom. The summed E-state index contributed by atoms with van der Waals surface area (Å²) >= 11 is 2.61. The number of benzene rings is 1. The monoisotopic (exact) mass is 351 g/mol. The SMILES string of the molecule is C=CCSC1=N/C(=C\c2ccc(OC)c(OC)c2OC)C(=O)S1. The Labute approximate surface area is 143 Å². The zero-order valence-electron chi connectivity index (χ0n) is 13.1. The average Bonchev–Trinajstić information content (AvgIpc) is 2.92. The first kappa shape index (κ1) is 17.5. The third kappa shape index (κ3) is 3.92. The lowest BCUT2D eigenvalue weighted by Crippen LogP contribution is -1.97. The standard InChI is InChI=1S/C16H17NO4S2/c1-5-8-22-16-17-11(15(18)23-16)9-10-6-7-12(19-2)14(21-4)13(10)20-3/h5-7,9H,1,8H2,2-4H3/b11-9-. The maximum absolute atomic E-state index is 12.1. The number of aliphatic imine (C=N–C) groups is 1.